The Morgan fingerprint density at radius 1 is 0.567 bits per heavy atom. The van der Waals surface area contributed by atoms with Crippen molar-refractivity contribution in [3.63, 3.8) is 0 Å². The van der Waals surface area contributed by atoms with Gasteiger partial charge in [-0.05, 0) is 37.1 Å². The normalized spacial score (nSPS) is 13.1. The molecule has 0 aliphatic carbocycles. The van der Waals surface area contributed by atoms with Crippen LogP contribution < -0.4 is 0 Å². The zero-order chi connectivity index (χ0) is 24.2. The maximum absolute atomic E-state index is 2.70. The molecular formula is C29H67N. The highest BCUT2D eigenvalue weighted by atomic mass is 15.1. The van der Waals surface area contributed by atoms with Crippen LogP contribution in [0, 0.1) is 17.8 Å². The van der Waals surface area contributed by atoms with Crippen molar-refractivity contribution < 1.29 is 0 Å². The Hall–Kier alpha value is -0.0400. The summed E-state index contributed by atoms with van der Waals surface area (Å²) in [5.41, 5.74) is 0. The molecule has 0 aliphatic rings. The molecule has 0 bridgehead atoms. The van der Waals surface area contributed by atoms with Gasteiger partial charge in [-0.25, -0.2) is 0 Å². The van der Waals surface area contributed by atoms with Crippen LogP contribution in [-0.2, 0) is 0 Å². The largest absolute Gasteiger partial charge is 0.303 e. The van der Waals surface area contributed by atoms with E-state index in [0.29, 0.717) is 0 Å². The third-order valence-electron chi connectivity index (χ3n) is 5.78. The molecule has 0 saturated heterocycles. The van der Waals surface area contributed by atoms with Crippen LogP contribution in [0.1, 0.15) is 154 Å². The van der Waals surface area contributed by atoms with Crippen LogP contribution >= 0.6 is 0 Å². The molecule has 3 atom stereocenters. The predicted molar refractivity (Wildman–Crippen MR) is 146 cm³/mol. The third-order valence-corrected chi connectivity index (χ3v) is 5.78. The van der Waals surface area contributed by atoms with E-state index in [4.69, 9.17) is 0 Å². The van der Waals surface area contributed by atoms with Gasteiger partial charge in [0.15, 0.2) is 0 Å². The van der Waals surface area contributed by atoms with E-state index in [1.807, 2.05) is 13.8 Å². The number of hydrogen-bond donors (Lipinski definition) is 0. The van der Waals surface area contributed by atoms with Crippen LogP contribution in [0.3, 0.4) is 0 Å². The Morgan fingerprint density at radius 2 is 1.00 bits per heavy atom. The van der Waals surface area contributed by atoms with Gasteiger partial charge in [0, 0.05) is 13.1 Å². The van der Waals surface area contributed by atoms with E-state index >= 15 is 0 Å². The second-order valence-electron chi connectivity index (χ2n) is 8.84. The summed E-state index contributed by atoms with van der Waals surface area (Å²) in [7, 11) is 0. The van der Waals surface area contributed by atoms with Crippen molar-refractivity contribution in [2.75, 3.05) is 19.6 Å². The van der Waals surface area contributed by atoms with Crippen LogP contribution in [0.2, 0.25) is 0 Å². The molecule has 0 fully saturated rings. The molecule has 0 N–H and O–H groups in total. The maximum Gasteiger partial charge on any atom is 0.000955 e. The smallest absolute Gasteiger partial charge is 0.000955 e. The van der Waals surface area contributed by atoms with Crippen molar-refractivity contribution >= 4 is 0 Å². The molecule has 0 rings (SSSR count). The number of rotatable bonds is 15. The highest BCUT2D eigenvalue weighted by Gasteiger charge is 2.15. The lowest BCUT2D eigenvalue weighted by Crippen LogP contribution is -2.33. The van der Waals surface area contributed by atoms with Gasteiger partial charge in [-0.15, -0.1) is 0 Å². The Labute approximate surface area is 196 Å². The van der Waals surface area contributed by atoms with Crippen molar-refractivity contribution in [3.8, 4) is 0 Å². The van der Waals surface area contributed by atoms with Gasteiger partial charge in [0.05, 0.1) is 0 Å². The SMILES string of the molecule is CC.CCC.CCCC(C)CC.CCCCC(CC)CN(CC)CC(CC)CCC. The van der Waals surface area contributed by atoms with Gasteiger partial charge in [-0.1, -0.05) is 141 Å². The molecule has 0 spiro atoms. The van der Waals surface area contributed by atoms with Gasteiger partial charge in [0.1, 0.15) is 0 Å². The van der Waals surface area contributed by atoms with Crippen molar-refractivity contribution in [2.24, 2.45) is 17.8 Å². The first kappa shape index (κ1) is 37.3. The summed E-state index contributed by atoms with van der Waals surface area (Å²) in [4.78, 5) is 2.70. The Balaban J connectivity index is -0.000000232. The number of nitrogens with zero attached hydrogens (tertiary/aromatic N) is 1. The average molecular weight is 430 g/mol. The lowest BCUT2D eigenvalue weighted by Gasteiger charge is -2.29. The van der Waals surface area contributed by atoms with E-state index < -0.39 is 0 Å². The summed E-state index contributed by atoms with van der Waals surface area (Å²) in [6.07, 6.45) is 14.9. The molecule has 0 radical (unpaired) electrons. The van der Waals surface area contributed by atoms with E-state index in [1.165, 1.54) is 90.3 Å². The first-order chi connectivity index (χ1) is 14.4. The summed E-state index contributed by atoms with van der Waals surface area (Å²) in [6.45, 7) is 30.6. The quantitative estimate of drug-likeness (QED) is 0.250. The van der Waals surface area contributed by atoms with Crippen LogP contribution in [0.15, 0.2) is 0 Å². The highest BCUT2D eigenvalue weighted by molar-refractivity contribution is 4.68. The lowest BCUT2D eigenvalue weighted by molar-refractivity contribution is 0.190. The number of hydrogen-bond acceptors (Lipinski definition) is 1. The molecule has 30 heavy (non-hydrogen) atoms. The monoisotopic (exact) mass is 430 g/mol. The fourth-order valence-electron chi connectivity index (χ4n) is 3.51. The molecule has 0 amide bonds. The van der Waals surface area contributed by atoms with Crippen LogP contribution in [0.25, 0.3) is 0 Å². The third kappa shape index (κ3) is 30.2. The summed E-state index contributed by atoms with van der Waals surface area (Å²) in [6, 6.07) is 0. The second kappa shape index (κ2) is 33.6. The van der Waals surface area contributed by atoms with Crippen molar-refractivity contribution in [1.82, 2.24) is 4.90 Å². The van der Waals surface area contributed by atoms with Crippen molar-refractivity contribution in [1.29, 1.82) is 0 Å². The molecule has 0 aliphatic heterocycles. The molecule has 0 heterocycles. The zero-order valence-corrected chi connectivity index (χ0v) is 24.1. The molecule has 0 aromatic rings. The van der Waals surface area contributed by atoms with Gasteiger partial charge in [0.25, 0.3) is 0 Å². The van der Waals surface area contributed by atoms with Crippen LogP contribution in [0.4, 0.5) is 0 Å². The molecule has 0 aromatic carbocycles. The first-order valence-corrected chi connectivity index (χ1v) is 14.2. The fourth-order valence-corrected chi connectivity index (χ4v) is 3.51. The van der Waals surface area contributed by atoms with Gasteiger partial charge in [0.2, 0.25) is 0 Å². The standard InChI is InChI=1S/C17H37N.C7H16.C3H8.C2H6/c1-6-11-13-17(9-4)15-18(10-5)14-16(8-3)12-7-2;1-4-6-7(3)5-2;1-3-2;1-2/h16-17H,6-15H2,1-5H3;7H,4-6H2,1-3H3;3H2,1-2H3;1-2H3. The lowest BCUT2D eigenvalue weighted by atomic mass is 9.96. The topological polar surface area (TPSA) is 3.24 Å². The van der Waals surface area contributed by atoms with E-state index in [0.717, 1.165) is 17.8 Å². The molecule has 1 nitrogen and oxygen atoms in total. The Morgan fingerprint density at radius 3 is 1.27 bits per heavy atom. The minimum Gasteiger partial charge on any atom is -0.303 e. The summed E-state index contributed by atoms with van der Waals surface area (Å²) in [5, 5.41) is 0. The zero-order valence-electron chi connectivity index (χ0n) is 24.1. The average Bonchev–Trinajstić information content (AvgIpc) is 2.77. The van der Waals surface area contributed by atoms with E-state index in [2.05, 4.69) is 74.1 Å². The van der Waals surface area contributed by atoms with Crippen LogP contribution in [-0.4, -0.2) is 24.5 Å². The van der Waals surface area contributed by atoms with Gasteiger partial charge in [-0.2, -0.15) is 0 Å². The molecule has 188 valence electrons. The van der Waals surface area contributed by atoms with E-state index in [9.17, 15) is 0 Å². The molecule has 1 heteroatoms. The van der Waals surface area contributed by atoms with Gasteiger partial charge >= 0.3 is 0 Å². The highest BCUT2D eigenvalue weighted by Crippen LogP contribution is 2.18. The van der Waals surface area contributed by atoms with Gasteiger partial charge < -0.3 is 4.90 Å². The summed E-state index contributed by atoms with van der Waals surface area (Å²) in [5.74, 6) is 2.78. The predicted octanol–water partition coefficient (Wildman–Crippen LogP) is 10.6. The summed E-state index contributed by atoms with van der Waals surface area (Å²) >= 11 is 0. The molecular weight excluding hydrogens is 362 g/mol. The minimum atomic E-state index is 0.915. The Bertz CT molecular complexity index is 251. The van der Waals surface area contributed by atoms with Crippen molar-refractivity contribution in [3.05, 3.63) is 0 Å². The molecule has 3 unspecified atom stereocenters. The molecule has 0 aromatic heterocycles. The second-order valence-corrected chi connectivity index (χ2v) is 8.84. The summed E-state index contributed by atoms with van der Waals surface area (Å²) < 4.78 is 0. The van der Waals surface area contributed by atoms with Gasteiger partial charge in [-0.3, -0.25) is 0 Å². The number of unbranched alkanes of at least 4 members (excludes halogenated alkanes) is 1. The maximum atomic E-state index is 2.70. The van der Waals surface area contributed by atoms with E-state index in [-0.39, 0.29) is 0 Å². The first-order valence-electron chi connectivity index (χ1n) is 14.2. The van der Waals surface area contributed by atoms with Crippen LogP contribution in [0.5, 0.6) is 0 Å². The van der Waals surface area contributed by atoms with E-state index in [1.54, 1.807) is 0 Å². The fraction of sp³-hybridized carbons (Fsp3) is 1.00. The minimum absolute atomic E-state index is 0.915. The Kier molecular flexibility index (Phi) is 41.8. The molecule has 0 saturated carbocycles. The van der Waals surface area contributed by atoms with Crippen molar-refractivity contribution in [2.45, 2.75) is 154 Å².